The summed E-state index contributed by atoms with van der Waals surface area (Å²) >= 11 is 0. The zero-order valence-electron chi connectivity index (χ0n) is 13.0. The van der Waals surface area contributed by atoms with Crippen molar-refractivity contribution in [2.24, 2.45) is 0 Å². The minimum atomic E-state index is -4.16. The Morgan fingerprint density at radius 2 is 1.96 bits per heavy atom. The molecule has 7 heteroatoms. The second-order valence-electron chi connectivity index (χ2n) is 6.38. The monoisotopic (exact) mass is 335 g/mol. The smallest absolute Gasteiger partial charge is 0.336 e. The third-order valence-electron chi connectivity index (χ3n) is 3.77. The van der Waals surface area contributed by atoms with E-state index >= 15 is 0 Å². The number of hydrogen-bond acceptors (Lipinski definition) is 5. The van der Waals surface area contributed by atoms with Gasteiger partial charge in [-0.25, -0.2) is 4.79 Å². The second kappa shape index (κ2) is 4.94. The average Bonchev–Trinajstić information content (AvgIpc) is 2.33. The molecule has 0 radical (unpaired) electrons. The van der Waals surface area contributed by atoms with Gasteiger partial charge in [-0.15, -0.1) is 0 Å². The Balaban J connectivity index is 2.29. The first-order valence-electron chi connectivity index (χ1n) is 7.08. The molecule has 0 bridgehead atoms. The molecule has 122 valence electrons. The van der Waals surface area contributed by atoms with Gasteiger partial charge >= 0.3 is 5.63 Å². The normalized spacial score (nSPS) is 16.6. The van der Waals surface area contributed by atoms with Crippen LogP contribution in [0.4, 0.5) is 5.69 Å². The summed E-state index contributed by atoms with van der Waals surface area (Å²) in [5.41, 5.74) is 2.10. The van der Waals surface area contributed by atoms with E-state index in [1.165, 1.54) is 6.07 Å². The summed E-state index contributed by atoms with van der Waals surface area (Å²) in [5, 5.41) is 4.00. The van der Waals surface area contributed by atoms with Crippen LogP contribution in [0.3, 0.4) is 0 Å². The summed E-state index contributed by atoms with van der Waals surface area (Å²) in [4.78, 5) is 11.5. The minimum absolute atomic E-state index is 0.432. The van der Waals surface area contributed by atoms with Crippen LogP contribution in [0.1, 0.15) is 25.0 Å². The molecule has 0 aliphatic carbocycles. The fourth-order valence-corrected chi connectivity index (χ4v) is 3.58. The van der Waals surface area contributed by atoms with E-state index < -0.39 is 27.0 Å². The highest BCUT2D eigenvalue weighted by molar-refractivity contribution is 7.86. The molecule has 1 aliphatic rings. The van der Waals surface area contributed by atoms with Crippen LogP contribution in [0.25, 0.3) is 16.5 Å². The maximum Gasteiger partial charge on any atom is 0.336 e. The zero-order valence-corrected chi connectivity index (χ0v) is 13.8. The van der Waals surface area contributed by atoms with E-state index in [1.54, 1.807) is 25.1 Å². The fraction of sp³-hybridized carbons (Fsp3) is 0.312. The molecule has 3 rings (SSSR count). The number of anilines is 1. The first kappa shape index (κ1) is 15.8. The van der Waals surface area contributed by atoms with Crippen LogP contribution in [0.15, 0.2) is 33.5 Å². The molecule has 0 amide bonds. The van der Waals surface area contributed by atoms with Crippen molar-refractivity contribution in [3.63, 3.8) is 0 Å². The fourth-order valence-electron chi connectivity index (χ4n) is 2.95. The quantitative estimate of drug-likeness (QED) is 0.647. The van der Waals surface area contributed by atoms with Crippen molar-refractivity contribution in [1.29, 1.82) is 0 Å². The number of benzene rings is 1. The minimum Gasteiger partial charge on any atom is -0.423 e. The maximum absolute atomic E-state index is 11.5. The summed E-state index contributed by atoms with van der Waals surface area (Å²) in [6.45, 7) is 5.56. The Labute approximate surface area is 133 Å². The van der Waals surface area contributed by atoms with Crippen LogP contribution < -0.4 is 10.9 Å². The summed E-state index contributed by atoms with van der Waals surface area (Å²) in [6, 6.07) is 4.86. The van der Waals surface area contributed by atoms with E-state index in [9.17, 15) is 17.8 Å². The van der Waals surface area contributed by atoms with Crippen LogP contribution in [0.2, 0.25) is 0 Å². The maximum atomic E-state index is 11.5. The lowest BCUT2D eigenvalue weighted by Gasteiger charge is -2.32. The molecule has 0 atom stereocenters. The van der Waals surface area contributed by atoms with Crippen molar-refractivity contribution < 1.29 is 17.4 Å². The Kier molecular flexibility index (Phi) is 3.38. The molecule has 0 unspecified atom stereocenters. The van der Waals surface area contributed by atoms with Gasteiger partial charge < -0.3 is 9.73 Å². The number of nitrogens with one attached hydrogen (secondary N) is 1. The van der Waals surface area contributed by atoms with E-state index in [1.807, 2.05) is 13.8 Å². The molecule has 1 aromatic carbocycles. The highest BCUT2D eigenvalue weighted by atomic mass is 32.2. The van der Waals surface area contributed by atoms with Gasteiger partial charge in [0.2, 0.25) is 0 Å². The van der Waals surface area contributed by atoms with Gasteiger partial charge in [0.05, 0.1) is 5.54 Å². The molecular formula is C16H17NO5S. The molecule has 6 nitrogen and oxygen atoms in total. The lowest BCUT2D eigenvalue weighted by Crippen LogP contribution is -2.32. The standard InChI is InChI=1S/C16H17NO5S/c1-9-4-15(18)22-14-6-13-12(5-11(9)14)10(8-23(19,20)21)7-16(2,3)17-13/h4-7,17H,8H2,1-3H3,(H,19,20,21). The van der Waals surface area contributed by atoms with Gasteiger partial charge in [-0.05, 0) is 38.0 Å². The predicted molar refractivity (Wildman–Crippen MR) is 89.3 cm³/mol. The van der Waals surface area contributed by atoms with Crippen molar-refractivity contribution in [2.75, 3.05) is 11.1 Å². The number of fused-ring (bicyclic) bond motifs is 2. The van der Waals surface area contributed by atoms with E-state index in [4.69, 9.17) is 4.42 Å². The molecule has 2 aromatic rings. The van der Waals surface area contributed by atoms with Crippen molar-refractivity contribution in [3.05, 3.63) is 45.8 Å². The topological polar surface area (TPSA) is 96.6 Å². The van der Waals surface area contributed by atoms with Crippen LogP contribution in [-0.2, 0) is 10.1 Å². The molecule has 23 heavy (non-hydrogen) atoms. The van der Waals surface area contributed by atoms with E-state index in [2.05, 4.69) is 5.32 Å². The second-order valence-corrected chi connectivity index (χ2v) is 7.84. The lowest BCUT2D eigenvalue weighted by molar-refractivity contribution is 0.487. The van der Waals surface area contributed by atoms with Gasteiger partial charge in [-0.1, -0.05) is 6.08 Å². The van der Waals surface area contributed by atoms with Gasteiger partial charge in [-0.3, -0.25) is 4.55 Å². The molecule has 2 heterocycles. The largest absolute Gasteiger partial charge is 0.423 e. The number of rotatable bonds is 2. The van der Waals surface area contributed by atoms with Crippen molar-refractivity contribution >= 4 is 32.3 Å². The third-order valence-corrected chi connectivity index (χ3v) is 4.44. The number of hydrogen-bond donors (Lipinski definition) is 2. The van der Waals surface area contributed by atoms with Gasteiger partial charge in [-0.2, -0.15) is 8.42 Å². The summed E-state index contributed by atoms with van der Waals surface area (Å²) < 4.78 is 37.1. The summed E-state index contributed by atoms with van der Waals surface area (Å²) in [5.74, 6) is -0.466. The lowest BCUT2D eigenvalue weighted by atomic mass is 9.90. The van der Waals surface area contributed by atoms with Gasteiger partial charge in [0.25, 0.3) is 10.1 Å². The molecule has 2 N–H and O–H groups in total. The Morgan fingerprint density at radius 3 is 2.61 bits per heavy atom. The molecule has 0 saturated heterocycles. The molecule has 0 fully saturated rings. The van der Waals surface area contributed by atoms with E-state index in [0.717, 1.165) is 10.9 Å². The molecule has 0 spiro atoms. The van der Waals surface area contributed by atoms with Gasteiger partial charge in [0.1, 0.15) is 11.3 Å². The van der Waals surface area contributed by atoms with Gasteiger partial charge in [0.15, 0.2) is 0 Å². The predicted octanol–water partition coefficient (Wildman–Crippen LogP) is 2.58. The molecule has 1 aliphatic heterocycles. The zero-order chi connectivity index (χ0) is 17.0. The first-order valence-corrected chi connectivity index (χ1v) is 8.69. The number of aryl methyl sites for hydroxylation is 1. The van der Waals surface area contributed by atoms with Crippen molar-refractivity contribution in [3.8, 4) is 0 Å². The summed E-state index contributed by atoms with van der Waals surface area (Å²) in [6.07, 6.45) is 1.78. The Morgan fingerprint density at radius 1 is 1.26 bits per heavy atom. The SMILES string of the molecule is Cc1cc(=O)oc2cc3c(cc12)C(CS(=O)(=O)O)=CC(C)(C)N3. The van der Waals surface area contributed by atoms with Crippen LogP contribution >= 0.6 is 0 Å². The van der Waals surface area contributed by atoms with E-state index in [0.29, 0.717) is 22.4 Å². The van der Waals surface area contributed by atoms with Crippen LogP contribution in [0, 0.1) is 6.92 Å². The van der Waals surface area contributed by atoms with Gasteiger partial charge in [0, 0.05) is 28.8 Å². The van der Waals surface area contributed by atoms with E-state index in [-0.39, 0.29) is 0 Å². The highest BCUT2D eigenvalue weighted by Crippen LogP contribution is 2.37. The van der Waals surface area contributed by atoms with Crippen LogP contribution in [0.5, 0.6) is 0 Å². The first-order chi connectivity index (χ1) is 10.5. The van der Waals surface area contributed by atoms with Crippen LogP contribution in [-0.4, -0.2) is 24.3 Å². The third kappa shape index (κ3) is 3.16. The average molecular weight is 335 g/mol. The van der Waals surface area contributed by atoms with Crippen molar-refractivity contribution in [1.82, 2.24) is 0 Å². The molecular weight excluding hydrogens is 318 g/mol. The molecule has 0 saturated carbocycles. The highest BCUT2D eigenvalue weighted by Gasteiger charge is 2.27. The molecule has 1 aromatic heterocycles. The van der Waals surface area contributed by atoms with Crippen molar-refractivity contribution in [2.45, 2.75) is 26.3 Å². The Bertz CT molecular complexity index is 999. The Hall–Kier alpha value is -2.12. The summed E-state index contributed by atoms with van der Waals surface area (Å²) in [7, 11) is -4.16.